The SMILES string of the molecule is CC(CC(=O)NC(C)c1cccc(Br)c1)NC(=O)c1ccccc1. The van der Waals surface area contributed by atoms with E-state index in [1.807, 2.05) is 56.3 Å². The fourth-order valence-corrected chi connectivity index (χ4v) is 2.80. The molecule has 0 aliphatic heterocycles. The Balaban J connectivity index is 1.84. The Labute approximate surface area is 150 Å². The summed E-state index contributed by atoms with van der Waals surface area (Å²) in [4.78, 5) is 24.2. The van der Waals surface area contributed by atoms with Crippen LogP contribution in [0.5, 0.6) is 0 Å². The molecule has 2 N–H and O–H groups in total. The molecule has 0 saturated heterocycles. The van der Waals surface area contributed by atoms with Crippen molar-refractivity contribution >= 4 is 27.7 Å². The van der Waals surface area contributed by atoms with E-state index in [1.165, 1.54) is 0 Å². The second kappa shape index (κ2) is 8.64. The van der Waals surface area contributed by atoms with Gasteiger partial charge < -0.3 is 10.6 Å². The van der Waals surface area contributed by atoms with Crippen LogP contribution in [0.2, 0.25) is 0 Å². The van der Waals surface area contributed by atoms with Crippen molar-refractivity contribution in [1.29, 1.82) is 0 Å². The largest absolute Gasteiger partial charge is 0.350 e. The molecule has 4 nitrogen and oxygen atoms in total. The molecule has 0 radical (unpaired) electrons. The van der Waals surface area contributed by atoms with Crippen molar-refractivity contribution < 1.29 is 9.59 Å². The molecular formula is C19H21BrN2O2. The smallest absolute Gasteiger partial charge is 0.251 e. The minimum atomic E-state index is -0.243. The van der Waals surface area contributed by atoms with Gasteiger partial charge in [0.25, 0.3) is 5.91 Å². The number of nitrogens with one attached hydrogen (secondary N) is 2. The summed E-state index contributed by atoms with van der Waals surface area (Å²) in [6, 6.07) is 16.5. The van der Waals surface area contributed by atoms with Gasteiger partial charge in [0.1, 0.15) is 0 Å². The van der Waals surface area contributed by atoms with Crippen LogP contribution in [-0.2, 0) is 4.79 Å². The third-order valence-corrected chi connectivity index (χ3v) is 4.12. The van der Waals surface area contributed by atoms with Gasteiger partial charge in [0, 0.05) is 22.5 Å². The number of halogens is 1. The third kappa shape index (κ3) is 5.49. The van der Waals surface area contributed by atoms with Gasteiger partial charge in [-0.15, -0.1) is 0 Å². The first-order valence-electron chi connectivity index (χ1n) is 7.86. The van der Waals surface area contributed by atoms with E-state index in [4.69, 9.17) is 0 Å². The van der Waals surface area contributed by atoms with Gasteiger partial charge in [-0.2, -0.15) is 0 Å². The Hall–Kier alpha value is -2.14. The number of carbonyl (C=O) groups is 2. The highest BCUT2D eigenvalue weighted by Crippen LogP contribution is 2.17. The van der Waals surface area contributed by atoms with Crippen LogP contribution >= 0.6 is 15.9 Å². The molecule has 0 aliphatic rings. The van der Waals surface area contributed by atoms with Gasteiger partial charge >= 0.3 is 0 Å². The highest BCUT2D eigenvalue weighted by molar-refractivity contribution is 9.10. The Morgan fingerprint density at radius 3 is 2.38 bits per heavy atom. The molecule has 0 aliphatic carbocycles. The average molecular weight is 389 g/mol. The first-order chi connectivity index (χ1) is 11.5. The second-order valence-corrected chi connectivity index (χ2v) is 6.70. The van der Waals surface area contributed by atoms with Crippen molar-refractivity contribution in [2.24, 2.45) is 0 Å². The molecule has 2 unspecified atom stereocenters. The number of amides is 2. The Kier molecular flexibility index (Phi) is 6.55. The van der Waals surface area contributed by atoms with Crippen LogP contribution in [-0.4, -0.2) is 17.9 Å². The minimum absolute atomic E-state index is 0.0907. The van der Waals surface area contributed by atoms with E-state index in [2.05, 4.69) is 26.6 Å². The lowest BCUT2D eigenvalue weighted by Gasteiger charge is -2.18. The zero-order valence-corrected chi connectivity index (χ0v) is 15.3. The summed E-state index contributed by atoms with van der Waals surface area (Å²) in [6.07, 6.45) is 0.233. The highest BCUT2D eigenvalue weighted by atomic mass is 79.9. The number of benzene rings is 2. The Morgan fingerprint density at radius 2 is 1.71 bits per heavy atom. The van der Waals surface area contributed by atoms with E-state index >= 15 is 0 Å². The van der Waals surface area contributed by atoms with Crippen LogP contribution in [0.4, 0.5) is 0 Å². The molecule has 0 saturated carbocycles. The lowest BCUT2D eigenvalue weighted by atomic mass is 10.1. The maximum Gasteiger partial charge on any atom is 0.251 e. The molecule has 24 heavy (non-hydrogen) atoms. The lowest BCUT2D eigenvalue weighted by Crippen LogP contribution is -2.37. The van der Waals surface area contributed by atoms with E-state index in [0.29, 0.717) is 5.56 Å². The third-order valence-electron chi connectivity index (χ3n) is 3.63. The molecule has 0 bridgehead atoms. The van der Waals surface area contributed by atoms with Crippen LogP contribution < -0.4 is 10.6 Å². The molecule has 0 aromatic heterocycles. The van der Waals surface area contributed by atoms with Crippen molar-refractivity contribution in [1.82, 2.24) is 10.6 Å². The molecule has 2 atom stereocenters. The normalized spacial score (nSPS) is 13.0. The molecule has 2 aromatic carbocycles. The van der Waals surface area contributed by atoms with Crippen LogP contribution in [0.15, 0.2) is 59.1 Å². The van der Waals surface area contributed by atoms with Crippen molar-refractivity contribution in [2.45, 2.75) is 32.4 Å². The number of rotatable bonds is 6. The van der Waals surface area contributed by atoms with Gasteiger partial charge in [0.05, 0.1) is 6.04 Å². The van der Waals surface area contributed by atoms with Gasteiger partial charge in [-0.25, -0.2) is 0 Å². The fourth-order valence-electron chi connectivity index (χ4n) is 2.39. The van der Waals surface area contributed by atoms with Crippen molar-refractivity contribution in [3.63, 3.8) is 0 Å². The van der Waals surface area contributed by atoms with Gasteiger partial charge in [0.2, 0.25) is 5.91 Å². The van der Waals surface area contributed by atoms with Gasteiger partial charge in [0.15, 0.2) is 0 Å². The summed E-state index contributed by atoms with van der Waals surface area (Å²) < 4.78 is 0.976. The standard InChI is InChI=1S/C19H21BrN2O2/c1-13(21-19(24)15-7-4-3-5-8-15)11-18(23)22-14(2)16-9-6-10-17(20)12-16/h3-10,12-14H,11H2,1-2H3,(H,21,24)(H,22,23). The monoisotopic (exact) mass is 388 g/mol. The Morgan fingerprint density at radius 1 is 1.00 bits per heavy atom. The predicted molar refractivity (Wildman–Crippen MR) is 98.7 cm³/mol. The quantitative estimate of drug-likeness (QED) is 0.789. The molecule has 5 heteroatoms. The van der Waals surface area contributed by atoms with Crippen molar-refractivity contribution in [3.8, 4) is 0 Å². The average Bonchev–Trinajstić information content (AvgIpc) is 2.55. The van der Waals surface area contributed by atoms with Gasteiger partial charge in [-0.05, 0) is 43.7 Å². The van der Waals surface area contributed by atoms with E-state index in [-0.39, 0.29) is 30.3 Å². The molecule has 2 rings (SSSR count). The first-order valence-corrected chi connectivity index (χ1v) is 8.65. The second-order valence-electron chi connectivity index (χ2n) is 5.79. The molecular weight excluding hydrogens is 368 g/mol. The number of hydrogen-bond acceptors (Lipinski definition) is 2. The van der Waals surface area contributed by atoms with E-state index in [0.717, 1.165) is 10.0 Å². The molecule has 2 amide bonds. The molecule has 0 fully saturated rings. The van der Waals surface area contributed by atoms with Crippen LogP contribution in [0.1, 0.15) is 42.2 Å². The van der Waals surface area contributed by atoms with Gasteiger partial charge in [-0.1, -0.05) is 46.3 Å². The number of hydrogen-bond donors (Lipinski definition) is 2. The van der Waals surface area contributed by atoms with E-state index in [1.54, 1.807) is 12.1 Å². The molecule has 0 spiro atoms. The maximum atomic E-state index is 12.2. The summed E-state index contributed by atoms with van der Waals surface area (Å²) in [6.45, 7) is 3.76. The first kappa shape index (κ1) is 18.2. The van der Waals surface area contributed by atoms with Gasteiger partial charge in [-0.3, -0.25) is 9.59 Å². The summed E-state index contributed by atoms with van der Waals surface area (Å²) in [5, 5.41) is 5.80. The summed E-state index contributed by atoms with van der Waals surface area (Å²) in [5.41, 5.74) is 1.62. The fraction of sp³-hybridized carbons (Fsp3) is 0.263. The molecule has 126 valence electrons. The lowest BCUT2D eigenvalue weighted by molar-refractivity contribution is -0.122. The van der Waals surface area contributed by atoms with E-state index in [9.17, 15) is 9.59 Å². The number of carbonyl (C=O) groups excluding carboxylic acids is 2. The van der Waals surface area contributed by atoms with E-state index < -0.39 is 0 Å². The molecule has 0 heterocycles. The van der Waals surface area contributed by atoms with Crippen LogP contribution in [0.25, 0.3) is 0 Å². The van der Waals surface area contributed by atoms with Crippen molar-refractivity contribution in [3.05, 3.63) is 70.2 Å². The topological polar surface area (TPSA) is 58.2 Å². The molecule has 2 aromatic rings. The summed E-state index contributed by atoms with van der Waals surface area (Å²) >= 11 is 3.43. The zero-order chi connectivity index (χ0) is 17.5. The zero-order valence-electron chi connectivity index (χ0n) is 13.8. The summed E-state index contributed by atoms with van der Waals surface area (Å²) in [5.74, 6) is -0.265. The predicted octanol–water partition coefficient (Wildman–Crippen LogP) is 3.83. The van der Waals surface area contributed by atoms with Crippen molar-refractivity contribution in [2.75, 3.05) is 0 Å². The van der Waals surface area contributed by atoms with Crippen LogP contribution in [0, 0.1) is 0 Å². The highest BCUT2D eigenvalue weighted by Gasteiger charge is 2.15. The minimum Gasteiger partial charge on any atom is -0.350 e. The van der Waals surface area contributed by atoms with Crippen LogP contribution in [0.3, 0.4) is 0 Å². The summed E-state index contributed by atoms with van der Waals surface area (Å²) in [7, 11) is 0. The maximum absolute atomic E-state index is 12.2. The Bertz CT molecular complexity index is 704.